The maximum absolute atomic E-state index is 16.2. The van der Waals surface area contributed by atoms with Crippen LogP contribution in [0.2, 0.25) is 0 Å². The standard InChI is InChI=1S/C23H27F3N2O5S/c1-34(31,32)33-20(18-15(3-2-4-16(18)24)17-10-27-11-28-17)23(25,26)21(30)22-7-12-5-13(8-22)19(29)14(6-12)9-22/h2-4,10-14,19-21,29-30H,5-9H2,1H3,(H,27,28). The number of aliphatic hydroxyl groups excluding tert-OH is 2. The van der Waals surface area contributed by atoms with Gasteiger partial charge in [0.1, 0.15) is 11.9 Å². The van der Waals surface area contributed by atoms with Crippen molar-refractivity contribution in [3.8, 4) is 11.3 Å². The SMILES string of the molecule is CS(=O)(=O)OC(c1c(F)cccc1-c1c[nH]cn1)C(F)(F)C(O)C12CC3CC(C1)C(O)C(C3)C2. The van der Waals surface area contributed by atoms with Crippen LogP contribution in [0.15, 0.2) is 30.7 Å². The molecule has 4 atom stereocenters. The van der Waals surface area contributed by atoms with E-state index in [4.69, 9.17) is 4.18 Å². The molecule has 0 radical (unpaired) electrons. The fraction of sp³-hybridized carbons (Fsp3) is 0.609. The Hall–Kier alpha value is -1.95. The van der Waals surface area contributed by atoms with E-state index in [1.54, 1.807) is 0 Å². The molecule has 4 aliphatic rings. The van der Waals surface area contributed by atoms with Crippen molar-refractivity contribution < 1.29 is 36.0 Å². The number of alkyl halides is 2. The van der Waals surface area contributed by atoms with Crippen molar-refractivity contribution in [2.24, 2.45) is 23.2 Å². The third kappa shape index (κ3) is 3.86. The topological polar surface area (TPSA) is 113 Å². The maximum atomic E-state index is 16.2. The minimum atomic E-state index is -4.48. The highest BCUT2D eigenvalue weighted by molar-refractivity contribution is 7.86. The van der Waals surface area contributed by atoms with Crippen molar-refractivity contribution in [2.45, 2.75) is 56.3 Å². The summed E-state index contributed by atoms with van der Waals surface area (Å²) in [6.07, 6.45) is -0.0461. The fourth-order valence-electron chi connectivity index (χ4n) is 6.86. The summed E-state index contributed by atoms with van der Waals surface area (Å²) in [5, 5.41) is 21.7. The molecule has 4 aliphatic carbocycles. The molecule has 4 bridgehead atoms. The molecule has 1 aromatic carbocycles. The van der Waals surface area contributed by atoms with Gasteiger partial charge in [0.25, 0.3) is 10.1 Å². The van der Waals surface area contributed by atoms with Crippen molar-refractivity contribution in [3.05, 3.63) is 42.1 Å². The Labute approximate surface area is 195 Å². The molecule has 34 heavy (non-hydrogen) atoms. The molecule has 4 saturated carbocycles. The summed E-state index contributed by atoms with van der Waals surface area (Å²) in [5.41, 5.74) is -1.84. The summed E-state index contributed by atoms with van der Waals surface area (Å²) >= 11 is 0. The number of benzene rings is 1. The largest absolute Gasteiger partial charge is 0.393 e. The molecule has 1 heterocycles. The van der Waals surface area contributed by atoms with Crippen molar-refractivity contribution in [1.29, 1.82) is 0 Å². The molecule has 7 nitrogen and oxygen atoms in total. The van der Waals surface area contributed by atoms with Crippen LogP contribution in [0.4, 0.5) is 13.2 Å². The third-order valence-electron chi connectivity index (χ3n) is 7.93. The van der Waals surface area contributed by atoms with E-state index in [0.717, 1.165) is 18.9 Å². The predicted molar refractivity (Wildman–Crippen MR) is 116 cm³/mol. The zero-order chi connectivity index (χ0) is 24.5. The summed E-state index contributed by atoms with van der Waals surface area (Å²) < 4.78 is 76.5. The van der Waals surface area contributed by atoms with E-state index in [-0.39, 0.29) is 41.9 Å². The van der Waals surface area contributed by atoms with Gasteiger partial charge in [-0.2, -0.15) is 8.42 Å². The van der Waals surface area contributed by atoms with E-state index in [1.165, 1.54) is 24.7 Å². The van der Waals surface area contributed by atoms with Crippen LogP contribution in [0.1, 0.15) is 43.8 Å². The van der Waals surface area contributed by atoms with Gasteiger partial charge in [-0.3, -0.25) is 4.18 Å². The van der Waals surface area contributed by atoms with Gasteiger partial charge >= 0.3 is 5.92 Å². The van der Waals surface area contributed by atoms with Crippen LogP contribution in [0.3, 0.4) is 0 Å². The number of rotatable bonds is 7. The molecule has 11 heteroatoms. The number of hydrogen-bond donors (Lipinski definition) is 3. The molecule has 3 N–H and O–H groups in total. The van der Waals surface area contributed by atoms with Crippen LogP contribution in [-0.2, 0) is 14.3 Å². The van der Waals surface area contributed by atoms with Gasteiger partial charge in [0.2, 0.25) is 0 Å². The van der Waals surface area contributed by atoms with Crippen molar-refractivity contribution >= 4 is 10.1 Å². The van der Waals surface area contributed by atoms with Gasteiger partial charge in [0, 0.05) is 22.7 Å². The molecule has 0 spiro atoms. The predicted octanol–water partition coefficient (Wildman–Crippen LogP) is 3.42. The summed E-state index contributed by atoms with van der Waals surface area (Å²) in [6, 6.07) is 3.58. The quantitative estimate of drug-likeness (QED) is 0.503. The molecule has 6 rings (SSSR count). The second kappa shape index (κ2) is 8.04. The van der Waals surface area contributed by atoms with Gasteiger partial charge in [-0.15, -0.1) is 0 Å². The molecule has 2 aromatic rings. The number of aromatic nitrogens is 2. The van der Waals surface area contributed by atoms with E-state index >= 15 is 13.2 Å². The van der Waals surface area contributed by atoms with Crippen molar-refractivity contribution in [2.75, 3.05) is 6.26 Å². The first-order valence-electron chi connectivity index (χ1n) is 11.3. The van der Waals surface area contributed by atoms with Crippen LogP contribution in [0.5, 0.6) is 0 Å². The molecular weight excluding hydrogens is 473 g/mol. The van der Waals surface area contributed by atoms with E-state index in [0.29, 0.717) is 12.7 Å². The number of nitrogens with zero attached hydrogens (tertiary/aromatic N) is 1. The molecule has 0 saturated heterocycles. The highest BCUT2D eigenvalue weighted by atomic mass is 32.2. The van der Waals surface area contributed by atoms with Gasteiger partial charge in [-0.1, -0.05) is 12.1 Å². The molecule has 0 aliphatic heterocycles. The van der Waals surface area contributed by atoms with Gasteiger partial charge in [0.05, 0.1) is 24.4 Å². The summed E-state index contributed by atoms with van der Waals surface area (Å²) in [4.78, 5) is 6.66. The normalized spacial score (nSPS) is 32.6. The van der Waals surface area contributed by atoms with Gasteiger partial charge < -0.3 is 15.2 Å². The van der Waals surface area contributed by atoms with Gasteiger partial charge in [-0.05, 0) is 55.9 Å². The number of aromatic amines is 1. The lowest BCUT2D eigenvalue weighted by Gasteiger charge is -2.61. The molecule has 4 unspecified atom stereocenters. The Morgan fingerprint density at radius 3 is 2.50 bits per heavy atom. The molecular formula is C23H27F3N2O5S. The van der Waals surface area contributed by atoms with Crippen LogP contribution in [0, 0.1) is 29.0 Å². The van der Waals surface area contributed by atoms with E-state index in [2.05, 4.69) is 9.97 Å². The third-order valence-corrected chi connectivity index (χ3v) is 8.47. The first-order valence-corrected chi connectivity index (χ1v) is 13.1. The number of imidazole rings is 1. The minimum absolute atomic E-state index is 0.0669. The molecule has 4 fully saturated rings. The van der Waals surface area contributed by atoms with Crippen LogP contribution in [0.25, 0.3) is 11.3 Å². The fourth-order valence-corrected chi connectivity index (χ4v) is 7.43. The number of H-pyrrole nitrogens is 1. The van der Waals surface area contributed by atoms with Crippen molar-refractivity contribution in [1.82, 2.24) is 9.97 Å². The highest BCUT2D eigenvalue weighted by Crippen LogP contribution is 2.64. The first-order chi connectivity index (χ1) is 15.9. The molecule has 186 valence electrons. The Kier molecular flexibility index (Phi) is 5.62. The number of nitrogens with one attached hydrogen (secondary N) is 1. The Bertz CT molecular complexity index is 1160. The molecule has 1 aromatic heterocycles. The lowest BCUT2D eigenvalue weighted by Crippen LogP contribution is -2.61. The zero-order valence-electron chi connectivity index (χ0n) is 18.5. The van der Waals surface area contributed by atoms with Crippen LogP contribution in [-0.4, -0.2) is 53.0 Å². The Morgan fingerprint density at radius 2 is 1.91 bits per heavy atom. The van der Waals surface area contributed by atoms with E-state index in [1.807, 2.05) is 0 Å². The summed E-state index contributed by atoms with van der Waals surface area (Å²) in [5.74, 6) is -5.54. The van der Waals surface area contributed by atoms with E-state index < -0.39 is 51.1 Å². The van der Waals surface area contributed by atoms with Gasteiger partial charge in [0.15, 0.2) is 6.10 Å². The summed E-state index contributed by atoms with van der Waals surface area (Å²) in [7, 11) is -4.48. The molecule has 0 amide bonds. The highest BCUT2D eigenvalue weighted by Gasteiger charge is 2.65. The number of hydrogen-bond acceptors (Lipinski definition) is 6. The number of aliphatic hydroxyl groups is 2. The van der Waals surface area contributed by atoms with Crippen molar-refractivity contribution in [3.63, 3.8) is 0 Å². The minimum Gasteiger partial charge on any atom is -0.393 e. The average Bonchev–Trinajstić information content (AvgIpc) is 3.29. The number of halogens is 3. The smallest absolute Gasteiger partial charge is 0.305 e. The Morgan fingerprint density at radius 1 is 1.24 bits per heavy atom. The lowest BCUT2D eigenvalue weighted by atomic mass is 9.46. The second-order valence-electron chi connectivity index (χ2n) is 10.2. The average molecular weight is 501 g/mol. The van der Waals surface area contributed by atoms with E-state index in [9.17, 15) is 18.6 Å². The summed E-state index contributed by atoms with van der Waals surface area (Å²) in [6.45, 7) is 0. The van der Waals surface area contributed by atoms with Gasteiger partial charge in [-0.25, -0.2) is 18.2 Å². The monoisotopic (exact) mass is 500 g/mol. The first kappa shape index (κ1) is 23.8. The Balaban J connectivity index is 1.60. The van der Waals surface area contributed by atoms with Crippen LogP contribution < -0.4 is 0 Å². The zero-order valence-corrected chi connectivity index (χ0v) is 19.3. The lowest BCUT2D eigenvalue weighted by molar-refractivity contribution is -0.251. The second-order valence-corrected chi connectivity index (χ2v) is 11.8. The van der Waals surface area contributed by atoms with Crippen LogP contribution >= 0.6 is 0 Å². The maximum Gasteiger partial charge on any atom is 0.305 e.